The first-order chi connectivity index (χ1) is 15.1. The fraction of sp³-hybridized carbons (Fsp3) is 0.259. The molecular weight excluding hydrogens is 386 g/mol. The smallest absolute Gasteiger partial charge is 0.252 e. The number of hydrogen-bond donors (Lipinski definition) is 1. The van der Waals surface area contributed by atoms with E-state index in [1.807, 2.05) is 91.0 Å². The lowest BCUT2D eigenvalue weighted by Gasteiger charge is -2.19. The summed E-state index contributed by atoms with van der Waals surface area (Å²) in [5.41, 5.74) is 1.40. The summed E-state index contributed by atoms with van der Waals surface area (Å²) in [6.45, 7) is 0.799. The number of carbonyl (C=O) groups is 2. The first-order valence-electron chi connectivity index (χ1n) is 10.7. The van der Waals surface area contributed by atoms with Crippen LogP contribution >= 0.6 is 0 Å². The maximum Gasteiger partial charge on any atom is 0.252 e. The van der Waals surface area contributed by atoms with Crippen molar-refractivity contribution in [2.45, 2.75) is 25.0 Å². The first-order valence-corrected chi connectivity index (χ1v) is 10.7. The van der Waals surface area contributed by atoms with Crippen LogP contribution in [0.5, 0.6) is 0 Å². The van der Waals surface area contributed by atoms with Crippen LogP contribution in [0.1, 0.15) is 22.6 Å². The van der Waals surface area contributed by atoms with Gasteiger partial charge in [0, 0.05) is 29.8 Å². The van der Waals surface area contributed by atoms with Gasteiger partial charge in [-0.3, -0.25) is 4.79 Å². The van der Waals surface area contributed by atoms with E-state index in [-0.39, 0.29) is 11.8 Å². The Morgan fingerprint density at radius 1 is 0.871 bits per heavy atom. The van der Waals surface area contributed by atoms with Gasteiger partial charge in [-0.25, -0.2) is 0 Å². The van der Waals surface area contributed by atoms with Crippen LogP contribution in [0.3, 0.4) is 0 Å². The van der Waals surface area contributed by atoms with Gasteiger partial charge in [-0.05, 0) is 23.1 Å². The molecule has 0 unspecified atom stereocenters. The Hall–Kier alpha value is -3.24. The highest BCUT2D eigenvalue weighted by Gasteiger charge is 2.83. The highest BCUT2D eigenvalue weighted by Crippen LogP contribution is 2.77. The van der Waals surface area contributed by atoms with Crippen molar-refractivity contribution in [1.82, 2.24) is 4.90 Å². The van der Waals surface area contributed by atoms with Gasteiger partial charge in [-0.15, -0.1) is 0 Å². The number of aliphatic hydroxyl groups is 1. The molecule has 1 heterocycles. The Labute approximate surface area is 182 Å². The van der Waals surface area contributed by atoms with Gasteiger partial charge in [0.25, 0.3) is 5.91 Å². The van der Waals surface area contributed by atoms with Crippen LogP contribution in [-0.2, 0) is 22.6 Å². The summed E-state index contributed by atoms with van der Waals surface area (Å²) >= 11 is 0. The fourth-order valence-corrected chi connectivity index (χ4v) is 5.77. The number of aldehydes is 1. The lowest BCUT2D eigenvalue weighted by molar-refractivity contribution is -0.136. The normalized spacial score (nSPS) is 29.3. The van der Waals surface area contributed by atoms with Crippen molar-refractivity contribution < 1.29 is 14.7 Å². The summed E-state index contributed by atoms with van der Waals surface area (Å²) in [4.78, 5) is 27.6. The molecule has 1 aliphatic heterocycles. The number of likely N-dealkylation sites (tertiary alicyclic amines) is 1. The molecule has 1 spiro atoms. The van der Waals surface area contributed by atoms with Crippen LogP contribution in [-0.4, -0.2) is 34.8 Å². The van der Waals surface area contributed by atoms with Crippen molar-refractivity contribution in [3.63, 3.8) is 0 Å². The van der Waals surface area contributed by atoms with Gasteiger partial charge < -0.3 is 14.8 Å². The summed E-state index contributed by atoms with van der Waals surface area (Å²) in [5.74, 6) is -0.500. The van der Waals surface area contributed by atoms with E-state index in [0.29, 0.717) is 19.5 Å². The molecule has 156 valence electrons. The van der Waals surface area contributed by atoms with Gasteiger partial charge in [-0.2, -0.15) is 0 Å². The predicted molar refractivity (Wildman–Crippen MR) is 118 cm³/mol. The van der Waals surface area contributed by atoms with E-state index in [9.17, 15) is 14.7 Å². The van der Waals surface area contributed by atoms with E-state index in [2.05, 4.69) is 0 Å². The molecule has 31 heavy (non-hydrogen) atoms. The van der Waals surface area contributed by atoms with Crippen molar-refractivity contribution in [2.75, 3.05) is 6.54 Å². The molecule has 2 aliphatic rings. The van der Waals surface area contributed by atoms with Gasteiger partial charge in [0.1, 0.15) is 12.4 Å². The Morgan fingerprint density at radius 3 is 2.00 bits per heavy atom. The molecule has 0 bridgehead atoms. The van der Waals surface area contributed by atoms with Crippen molar-refractivity contribution in [2.24, 2.45) is 10.8 Å². The Morgan fingerprint density at radius 2 is 1.42 bits per heavy atom. The second-order valence-electron chi connectivity index (χ2n) is 8.79. The molecule has 4 nitrogen and oxygen atoms in total. The third kappa shape index (κ3) is 2.94. The average Bonchev–Trinajstić information content (AvgIpc) is 3.31. The Bertz CT molecular complexity index is 1090. The summed E-state index contributed by atoms with van der Waals surface area (Å²) < 4.78 is 0. The standard InChI is InChI=1S/C27H25NO3/c29-19-26(16-20-10-4-1-5-11-20)23(22-14-8-3-9-15-22)27(26)18-28(25(31)24(27)30)17-21-12-6-2-7-13-21/h1-15,19,23-24,30H,16-18H2/t23-,24+,26+,27+/m0/s1. The van der Waals surface area contributed by atoms with Gasteiger partial charge in [0.15, 0.2) is 0 Å². The number of nitrogens with zero attached hydrogens (tertiary/aromatic N) is 1. The number of aliphatic hydroxyl groups excluding tert-OH is 1. The van der Waals surface area contributed by atoms with Crippen LogP contribution < -0.4 is 0 Å². The minimum absolute atomic E-state index is 0.210. The monoisotopic (exact) mass is 411 g/mol. The molecule has 4 heteroatoms. The van der Waals surface area contributed by atoms with Gasteiger partial charge in [0.2, 0.25) is 0 Å². The van der Waals surface area contributed by atoms with Crippen molar-refractivity contribution in [3.05, 3.63) is 108 Å². The van der Waals surface area contributed by atoms with E-state index < -0.39 is 16.9 Å². The second kappa shape index (κ2) is 7.47. The van der Waals surface area contributed by atoms with Crippen LogP contribution in [0.25, 0.3) is 0 Å². The van der Waals surface area contributed by atoms with E-state index >= 15 is 0 Å². The second-order valence-corrected chi connectivity index (χ2v) is 8.79. The first kappa shape index (κ1) is 19.7. The zero-order chi connectivity index (χ0) is 21.5. The third-order valence-electron chi connectivity index (χ3n) is 7.20. The minimum atomic E-state index is -1.20. The molecule has 5 rings (SSSR count). The molecular formula is C27H25NO3. The van der Waals surface area contributed by atoms with E-state index in [1.165, 1.54) is 0 Å². The molecule has 1 saturated carbocycles. The van der Waals surface area contributed by atoms with Gasteiger partial charge in [0.05, 0.1) is 0 Å². The number of amides is 1. The molecule has 1 aliphatic carbocycles. The number of benzene rings is 3. The minimum Gasteiger partial charge on any atom is -0.383 e. The zero-order valence-electron chi connectivity index (χ0n) is 17.2. The SMILES string of the molecule is O=C[C@]1(Cc2ccccc2)[C@H](c2ccccc2)[C@@]12CN(Cc1ccccc1)C(=O)[C@H]2O. The molecule has 0 radical (unpaired) electrons. The number of carbonyl (C=O) groups excluding carboxylic acids is 2. The maximum absolute atomic E-state index is 13.2. The van der Waals surface area contributed by atoms with Crippen LogP contribution in [0.4, 0.5) is 0 Å². The topological polar surface area (TPSA) is 57.6 Å². The molecule has 4 atom stereocenters. The van der Waals surface area contributed by atoms with Crippen LogP contribution in [0, 0.1) is 10.8 Å². The van der Waals surface area contributed by atoms with E-state index in [4.69, 9.17) is 0 Å². The molecule has 1 saturated heterocycles. The predicted octanol–water partition coefficient (Wildman–Crippen LogP) is 3.60. The zero-order valence-corrected chi connectivity index (χ0v) is 17.2. The number of rotatable bonds is 6. The van der Waals surface area contributed by atoms with E-state index in [0.717, 1.165) is 23.0 Å². The molecule has 0 aromatic heterocycles. The summed E-state index contributed by atoms with van der Waals surface area (Å²) in [6.07, 6.45) is 0.302. The molecule has 2 fully saturated rings. The van der Waals surface area contributed by atoms with E-state index in [1.54, 1.807) is 4.90 Å². The molecule has 3 aromatic rings. The highest BCUT2D eigenvalue weighted by molar-refractivity contribution is 5.90. The Balaban J connectivity index is 1.55. The van der Waals surface area contributed by atoms with Crippen molar-refractivity contribution in [1.29, 1.82) is 0 Å². The van der Waals surface area contributed by atoms with Crippen LogP contribution in [0.2, 0.25) is 0 Å². The Kier molecular flexibility index (Phi) is 4.75. The largest absolute Gasteiger partial charge is 0.383 e. The molecule has 1 N–H and O–H groups in total. The van der Waals surface area contributed by atoms with Gasteiger partial charge in [-0.1, -0.05) is 91.0 Å². The summed E-state index contributed by atoms with van der Waals surface area (Å²) in [7, 11) is 0. The van der Waals surface area contributed by atoms with Gasteiger partial charge >= 0.3 is 0 Å². The summed E-state index contributed by atoms with van der Waals surface area (Å²) in [6, 6.07) is 29.5. The maximum atomic E-state index is 13.2. The van der Waals surface area contributed by atoms with Crippen molar-refractivity contribution >= 4 is 12.2 Å². The van der Waals surface area contributed by atoms with Crippen LogP contribution in [0.15, 0.2) is 91.0 Å². The third-order valence-corrected chi connectivity index (χ3v) is 7.20. The fourth-order valence-electron chi connectivity index (χ4n) is 5.77. The average molecular weight is 412 g/mol. The molecule has 3 aromatic carbocycles. The lowest BCUT2D eigenvalue weighted by Crippen LogP contribution is -2.31. The van der Waals surface area contributed by atoms with Crippen molar-refractivity contribution in [3.8, 4) is 0 Å². The molecule has 1 amide bonds. The highest BCUT2D eigenvalue weighted by atomic mass is 16.3. The summed E-state index contributed by atoms with van der Waals surface area (Å²) in [5, 5.41) is 11.3. The quantitative estimate of drug-likeness (QED) is 0.631. The number of hydrogen-bond acceptors (Lipinski definition) is 3. The lowest BCUT2D eigenvalue weighted by atomic mass is 9.86.